The molecule has 1 rings (SSSR count). The average Bonchev–Trinajstić information content (AvgIpc) is 2.53. The van der Waals surface area contributed by atoms with E-state index in [1.54, 1.807) is 0 Å². The fraction of sp³-hybridized carbons (Fsp3) is 0.769. The van der Waals surface area contributed by atoms with Crippen LogP contribution in [0.5, 0.6) is 0 Å². The van der Waals surface area contributed by atoms with E-state index in [1.165, 1.54) is 0 Å². The highest BCUT2D eigenvalue weighted by molar-refractivity contribution is 5.78. The van der Waals surface area contributed by atoms with E-state index >= 15 is 0 Å². The van der Waals surface area contributed by atoms with E-state index in [9.17, 15) is 29.7 Å². The molecule has 1 amide bonds. The quantitative estimate of drug-likeness (QED) is 0.214. The van der Waals surface area contributed by atoms with Gasteiger partial charge in [0.05, 0.1) is 18.8 Å². The van der Waals surface area contributed by atoms with Gasteiger partial charge in [0, 0.05) is 13.3 Å². The number of amides is 1. The first-order valence-corrected chi connectivity index (χ1v) is 7.23. The van der Waals surface area contributed by atoms with Gasteiger partial charge in [0.1, 0.15) is 18.8 Å². The van der Waals surface area contributed by atoms with Gasteiger partial charge in [-0.3, -0.25) is 9.59 Å². The van der Waals surface area contributed by atoms with Crippen molar-refractivity contribution in [2.24, 2.45) is 0 Å². The van der Waals surface area contributed by atoms with Crippen LogP contribution in [0.3, 0.4) is 0 Å². The van der Waals surface area contributed by atoms with E-state index in [0.29, 0.717) is 0 Å². The summed E-state index contributed by atoms with van der Waals surface area (Å²) in [5.41, 5.74) is 0. The van der Waals surface area contributed by atoms with Crippen LogP contribution in [-0.4, -0.2) is 97.9 Å². The minimum Gasteiger partial charge on any atom is -0.477 e. The molecule has 0 radical (unpaired) electrons. The van der Waals surface area contributed by atoms with Crippen LogP contribution in [0.25, 0.3) is 0 Å². The summed E-state index contributed by atoms with van der Waals surface area (Å²) in [5, 5.41) is 59.1. The molecule has 3 unspecified atom stereocenters. The lowest BCUT2D eigenvalue weighted by Crippen LogP contribution is -2.68. The number of ether oxygens (including phenoxy) is 2. The van der Waals surface area contributed by atoms with Crippen LogP contribution in [0.1, 0.15) is 13.3 Å². The number of carbonyl (C=O) groups is 3. The SMILES string of the molecule is CC(=O)OC(C(O)CO)[C@@H]1OC(O)(C(=O)O)C[C@H](O)[C@H]1NC(=O)CO. The minimum atomic E-state index is -2.89. The summed E-state index contributed by atoms with van der Waals surface area (Å²) in [7, 11) is 0. The standard InChI is InChI=1S/C13H21NO11/c1-5(17)24-10(7(19)3-15)11-9(14-8(20)4-16)6(18)2-13(23,25-11)12(21)22/h6-7,9-11,15-16,18-19,23H,2-4H2,1H3,(H,14,20)(H,21,22)/t6-,7?,9+,10?,11+,13?/m0/s1. The molecule has 0 aromatic carbocycles. The van der Waals surface area contributed by atoms with Crippen LogP contribution in [0.2, 0.25) is 0 Å². The number of hydrogen-bond donors (Lipinski definition) is 7. The van der Waals surface area contributed by atoms with Gasteiger partial charge >= 0.3 is 11.9 Å². The number of carboxylic acids is 1. The van der Waals surface area contributed by atoms with Crippen molar-refractivity contribution in [1.29, 1.82) is 0 Å². The number of rotatable bonds is 7. The number of carboxylic acid groups (broad SMARTS) is 1. The highest BCUT2D eigenvalue weighted by Crippen LogP contribution is 2.31. The molecule has 12 heteroatoms. The van der Waals surface area contributed by atoms with Gasteiger partial charge < -0.3 is 45.4 Å². The van der Waals surface area contributed by atoms with Crippen molar-refractivity contribution < 1.29 is 54.5 Å². The molecular formula is C13H21NO11. The first-order valence-electron chi connectivity index (χ1n) is 7.23. The van der Waals surface area contributed by atoms with Gasteiger partial charge in [-0.05, 0) is 0 Å². The Morgan fingerprint density at radius 3 is 2.40 bits per heavy atom. The Morgan fingerprint density at radius 1 is 1.36 bits per heavy atom. The van der Waals surface area contributed by atoms with E-state index < -0.39 is 73.7 Å². The largest absolute Gasteiger partial charge is 0.477 e. The molecule has 1 saturated heterocycles. The summed E-state index contributed by atoms with van der Waals surface area (Å²) in [5.74, 6) is -6.66. The van der Waals surface area contributed by atoms with E-state index in [1.807, 2.05) is 0 Å². The van der Waals surface area contributed by atoms with Crippen molar-refractivity contribution in [3.63, 3.8) is 0 Å². The predicted octanol–water partition coefficient (Wildman–Crippen LogP) is -4.33. The van der Waals surface area contributed by atoms with E-state index in [2.05, 4.69) is 5.32 Å². The Hall–Kier alpha value is -1.83. The van der Waals surface area contributed by atoms with Crippen LogP contribution >= 0.6 is 0 Å². The Morgan fingerprint density at radius 2 is 1.96 bits per heavy atom. The Kier molecular flexibility index (Phi) is 7.22. The number of hydrogen-bond acceptors (Lipinski definition) is 10. The van der Waals surface area contributed by atoms with Gasteiger partial charge in [-0.1, -0.05) is 0 Å². The number of nitrogens with one attached hydrogen (secondary N) is 1. The van der Waals surface area contributed by atoms with E-state index in [4.69, 9.17) is 24.8 Å². The van der Waals surface area contributed by atoms with Crippen molar-refractivity contribution in [2.75, 3.05) is 13.2 Å². The monoisotopic (exact) mass is 367 g/mol. The molecular weight excluding hydrogens is 346 g/mol. The zero-order valence-electron chi connectivity index (χ0n) is 13.2. The Bertz CT molecular complexity index is 512. The molecule has 7 N–H and O–H groups in total. The smallest absolute Gasteiger partial charge is 0.364 e. The molecule has 1 aliphatic rings. The molecule has 1 fully saturated rings. The van der Waals surface area contributed by atoms with Crippen LogP contribution in [0.4, 0.5) is 0 Å². The summed E-state index contributed by atoms with van der Waals surface area (Å²) in [6.07, 6.45) is -7.79. The molecule has 1 aliphatic heterocycles. The zero-order chi connectivity index (χ0) is 19.4. The van der Waals surface area contributed by atoms with Crippen LogP contribution in [0.15, 0.2) is 0 Å². The maximum atomic E-state index is 11.4. The Balaban J connectivity index is 3.26. The molecule has 0 aromatic rings. The average molecular weight is 367 g/mol. The summed E-state index contributed by atoms with van der Waals surface area (Å²) in [6, 6.07) is -1.45. The second kappa shape index (κ2) is 8.51. The molecule has 0 saturated carbocycles. The molecule has 0 bridgehead atoms. The third kappa shape index (κ3) is 5.07. The second-order valence-electron chi connectivity index (χ2n) is 5.52. The highest BCUT2D eigenvalue weighted by Gasteiger charge is 2.55. The lowest BCUT2D eigenvalue weighted by Gasteiger charge is -2.45. The minimum absolute atomic E-state index is 0.850. The van der Waals surface area contributed by atoms with Crippen molar-refractivity contribution >= 4 is 17.8 Å². The third-order valence-corrected chi connectivity index (χ3v) is 3.58. The van der Waals surface area contributed by atoms with E-state index in [0.717, 1.165) is 6.92 Å². The van der Waals surface area contributed by atoms with Crippen molar-refractivity contribution in [1.82, 2.24) is 5.32 Å². The fourth-order valence-electron chi connectivity index (χ4n) is 2.46. The normalized spacial score (nSPS) is 31.7. The molecule has 0 spiro atoms. The van der Waals surface area contributed by atoms with Crippen LogP contribution in [-0.2, 0) is 23.9 Å². The van der Waals surface area contributed by atoms with Crippen molar-refractivity contribution in [3.8, 4) is 0 Å². The zero-order valence-corrected chi connectivity index (χ0v) is 13.2. The highest BCUT2D eigenvalue weighted by atomic mass is 16.7. The molecule has 144 valence electrons. The lowest BCUT2D eigenvalue weighted by atomic mass is 9.88. The summed E-state index contributed by atoms with van der Waals surface area (Å²) >= 11 is 0. The summed E-state index contributed by atoms with van der Waals surface area (Å²) < 4.78 is 9.81. The molecule has 12 nitrogen and oxygen atoms in total. The molecule has 1 heterocycles. The van der Waals surface area contributed by atoms with Crippen molar-refractivity contribution in [3.05, 3.63) is 0 Å². The third-order valence-electron chi connectivity index (χ3n) is 3.58. The summed E-state index contributed by atoms with van der Waals surface area (Å²) in [4.78, 5) is 33.9. The van der Waals surface area contributed by atoms with Gasteiger partial charge in [-0.15, -0.1) is 0 Å². The second-order valence-corrected chi connectivity index (χ2v) is 5.52. The molecule has 0 aromatic heterocycles. The molecule has 0 aliphatic carbocycles. The fourth-order valence-corrected chi connectivity index (χ4v) is 2.46. The number of carbonyl (C=O) groups excluding carboxylic acids is 2. The van der Waals surface area contributed by atoms with Crippen LogP contribution < -0.4 is 5.32 Å². The number of aliphatic hydroxyl groups excluding tert-OH is 4. The first-order chi connectivity index (χ1) is 11.6. The van der Waals surface area contributed by atoms with Crippen molar-refractivity contribution in [2.45, 2.75) is 49.6 Å². The predicted molar refractivity (Wildman–Crippen MR) is 75.7 cm³/mol. The maximum absolute atomic E-state index is 11.4. The molecule has 6 atom stereocenters. The topological polar surface area (TPSA) is 203 Å². The molecule has 25 heavy (non-hydrogen) atoms. The van der Waals surface area contributed by atoms with Gasteiger partial charge in [-0.25, -0.2) is 4.79 Å². The van der Waals surface area contributed by atoms with Gasteiger partial charge in [0.25, 0.3) is 5.79 Å². The van der Waals surface area contributed by atoms with Gasteiger partial charge in [0.15, 0.2) is 6.10 Å². The number of esters is 1. The van der Waals surface area contributed by atoms with E-state index in [-0.39, 0.29) is 0 Å². The maximum Gasteiger partial charge on any atom is 0.364 e. The Labute approximate surface area is 141 Å². The number of aliphatic hydroxyl groups is 5. The lowest BCUT2D eigenvalue weighted by molar-refractivity contribution is -0.296. The number of aliphatic carboxylic acids is 1. The van der Waals surface area contributed by atoms with Crippen LogP contribution in [0, 0.1) is 0 Å². The van der Waals surface area contributed by atoms with Gasteiger partial charge in [0.2, 0.25) is 5.91 Å². The van der Waals surface area contributed by atoms with Gasteiger partial charge in [-0.2, -0.15) is 0 Å². The first kappa shape index (κ1) is 21.2. The summed E-state index contributed by atoms with van der Waals surface area (Å²) in [6.45, 7) is -0.943.